The molecule has 1 aromatic rings. The fraction of sp³-hybridized carbons (Fsp3) is 0.688. The quantitative estimate of drug-likeness (QED) is 0.607. The van der Waals surface area contributed by atoms with Crippen molar-refractivity contribution in [3.8, 4) is 0 Å². The lowest BCUT2D eigenvalue weighted by Gasteiger charge is -2.23. The molecule has 11 heteroatoms. The molecular formula is C16H25ClF3N5O2. The van der Waals surface area contributed by atoms with Crippen LogP contribution in [0, 0.1) is 5.41 Å². The van der Waals surface area contributed by atoms with Crippen molar-refractivity contribution in [3.63, 3.8) is 0 Å². The SMILES string of the molecule is COCC[C@@H](NC[C@H](N)C(F)(F)F)c1cc(NC(=O)C(C)(C)C)nnc1Cl. The molecule has 0 aliphatic carbocycles. The van der Waals surface area contributed by atoms with E-state index in [0.717, 1.165) is 0 Å². The number of nitrogens with two attached hydrogens (primary N) is 1. The Kier molecular flexibility index (Phi) is 8.40. The van der Waals surface area contributed by atoms with Gasteiger partial charge >= 0.3 is 6.18 Å². The van der Waals surface area contributed by atoms with Crippen LogP contribution in [0.2, 0.25) is 5.15 Å². The lowest BCUT2D eigenvalue weighted by Crippen LogP contribution is -2.46. The number of halogens is 4. The number of hydrogen-bond donors (Lipinski definition) is 3. The van der Waals surface area contributed by atoms with Crippen LogP contribution >= 0.6 is 11.6 Å². The van der Waals surface area contributed by atoms with Gasteiger partial charge in [-0.05, 0) is 12.5 Å². The highest BCUT2D eigenvalue weighted by atomic mass is 35.5. The summed E-state index contributed by atoms with van der Waals surface area (Å²) >= 11 is 6.08. The third-order valence-electron chi connectivity index (χ3n) is 3.69. The van der Waals surface area contributed by atoms with E-state index >= 15 is 0 Å². The molecule has 0 bridgehead atoms. The summed E-state index contributed by atoms with van der Waals surface area (Å²) in [4.78, 5) is 12.1. The summed E-state index contributed by atoms with van der Waals surface area (Å²) in [5.74, 6) is -0.135. The third kappa shape index (κ3) is 7.57. The van der Waals surface area contributed by atoms with Crippen LogP contribution in [0.25, 0.3) is 0 Å². The van der Waals surface area contributed by atoms with Gasteiger partial charge in [0.15, 0.2) is 11.0 Å². The van der Waals surface area contributed by atoms with Crippen LogP contribution in [0.5, 0.6) is 0 Å². The minimum absolute atomic E-state index is 0.0120. The van der Waals surface area contributed by atoms with Gasteiger partial charge in [0, 0.05) is 37.3 Å². The van der Waals surface area contributed by atoms with Crippen LogP contribution in [0.15, 0.2) is 6.07 Å². The number of anilines is 1. The zero-order chi connectivity index (χ0) is 20.8. The van der Waals surface area contributed by atoms with Gasteiger partial charge in [0.1, 0.15) is 6.04 Å². The van der Waals surface area contributed by atoms with Crippen molar-refractivity contribution < 1.29 is 22.7 Å². The van der Waals surface area contributed by atoms with Gasteiger partial charge in [0.2, 0.25) is 5.91 Å². The van der Waals surface area contributed by atoms with Crippen molar-refractivity contribution in [3.05, 3.63) is 16.8 Å². The Hall–Kier alpha value is -1.49. The Balaban J connectivity index is 3.02. The lowest BCUT2D eigenvalue weighted by molar-refractivity contribution is -0.146. The minimum atomic E-state index is -4.52. The maximum atomic E-state index is 12.7. The van der Waals surface area contributed by atoms with E-state index in [4.69, 9.17) is 22.1 Å². The standard InChI is InChI=1S/C16H25ClF3N5O2/c1-15(2,3)14(26)23-12-7-9(13(17)25-24-12)10(5-6-27-4)22-8-11(21)16(18,19)20/h7,10-11,22H,5-6,8,21H2,1-4H3,(H,23,24,26)/t10-,11+/m1/s1. The van der Waals surface area contributed by atoms with Gasteiger partial charge in [0.05, 0.1) is 0 Å². The molecule has 1 heterocycles. The Bertz CT molecular complexity index is 637. The van der Waals surface area contributed by atoms with E-state index < -0.39 is 30.2 Å². The van der Waals surface area contributed by atoms with Gasteiger partial charge in [-0.2, -0.15) is 13.2 Å². The number of amides is 1. The van der Waals surface area contributed by atoms with Crippen molar-refractivity contribution in [2.45, 2.75) is 45.5 Å². The molecule has 4 N–H and O–H groups in total. The molecule has 0 radical (unpaired) electrons. The summed E-state index contributed by atoms with van der Waals surface area (Å²) in [6.07, 6.45) is -4.20. The molecule has 7 nitrogen and oxygen atoms in total. The highest BCUT2D eigenvalue weighted by Crippen LogP contribution is 2.27. The first kappa shape index (κ1) is 23.5. The van der Waals surface area contributed by atoms with E-state index in [9.17, 15) is 18.0 Å². The Morgan fingerprint density at radius 3 is 2.48 bits per heavy atom. The molecule has 0 aliphatic rings. The lowest BCUT2D eigenvalue weighted by atomic mass is 9.96. The molecule has 0 fully saturated rings. The van der Waals surface area contributed by atoms with Crippen LogP contribution < -0.4 is 16.4 Å². The maximum Gasteiger partial charge on any atom is 0.404 e. The number of methoxy groups -OCH3 is 1. The molecule has 1 rings (SSSR count). The zero-order valence-electron chi connectivity index (χ0n) is 15.7. The number of aromatic nitrogens is 2. The van der Waals surface area contributed by atoms with Crippen LogP contribution in [0.1, 0.15) is 38.8 Å². The molecule has 0 aromatic carbocycles. The fourth-order valence-electron chi connectivity index (χ4n) is 1.99. The number of carbonyl (C=O) groups is 1. The fourth-order valence-corrected chi connectivity index (χ4v) is 2.21. The number of rotatable bonds is 8. The minimum Gasteiger partial charge on any atom is -0.385 e. The summed E-state index contributed by atoms with van der Waals surface area (Å²) < 4.78 is 43.0. The summed E-state index contributed by atoms with van der Waals surface area (Å²) in [7, 11) is 1.47. The molecule has 0 spiro atoms. The highest BCUT2D eigenvalue weighted by Gasteiger charge is 2.36. The molecule has 0 saturated carbocycles. The van der Waals surface area contributed by atoms with Gasteiger partial charge in [-0.25, -0.2) is 0 Å². The van der Waals surface area contributed by atoms with E-state index in [0.29, 0.717) is 12.0 Å². The van der Waals surface area contributed by atoms with Crippen LogP contribution in [-0.4, -0.2) is 48.6 Å². The van der Waals surface area contributed by atoms with E-state index in [1.807, 2.05) is 0 Å². The second-order valence-corrected chi connectivity index (χ2v) is 7.43. The second-order valence-electron chi connectivity index (χ2n) is 7.07. The van der Waals surface area contributed by atoms with Gasteiger partial charge in [-0.3, -0.25) is 4.79 Å². The Morgan fingerprint density at radius 1 is 1.33 bits per heavy atom. The Labute approximate surface area is 161 Å². The monoisotopic (exact) mass is 411 g/mol. The third-order valence-corrected chi connectivity index (χ3v) is 3.98. The largest absolute Gasteiger partial charge is 0.404 e. The molecule has 0 unspecified atom stereocenters. The normalized spacial score (nSPS) is 14.7. The Morgan fingerprint density at radius 2 is 1.96 bits per heavy atom. The van der Waals surface area contributed by atoms with Crippen molar-refractivity contribution in [1.82, 2.24) is 15.5 Å². The second kappa shape index (κ2) is 9.63. The number of carbonyl (C=O) groups excluding carboxylic acids is 1. The van der Waals surface area contributed by atoms with Gasteiger partial charge in [-0.15, -0.1) is 10.2 Å². The van der Waals surface area contributed by atoms with E-state index in [-0.39, 0.29) is 23.5 Å². The van der Waals surface area contributed by atoms with E-state index in [2.05, 4.69) is 20.8 Å². The van der Waals surface area contributed by atoms with Crippen molar-refractivity contribution >= 4 is 23.3 Å². The average Bonchev–Trinajstić information content (AvgIpc) is 2.55. The van der Waals surface area contributed by atoms with Crippen molar-refractivity contribution in [2.75, 3.05) is 25.6 Å². The van der Waals surface area contributed by atoms with Crippen LogP contribution in [-0.2, 0) is 9.53 Å². The first-order chi connectivity index (χ1) is 12.4. The number of ether oxygens (including phenoxy) is 1. The molecule has 0 aliphatic heterocycles. The predicted molar refractivity (Wildman–Crippen MR) is 96.4 cm³/mol. The first-order valence-corrected chi connectivity index (χ1v) is 8.63. The molecule has 1 aromatic heterocycles. The molecule has 27 heavy (non-hydrogen) atoms. The summed E-state index contributed by atoms with van der Waals surface area (Å²) in [5, 5.41) is 13.0. The highest BCUT2D eigenvalue weighted by molar-refractivity contribution is 6.30. The first-order valence-electron chi connectivity index (χ1n) is 8.25. The molecule has 0 saturated heterocycles. The van der Waals surface area contributed by atoms with Crippen LogP contribution in [0.4, 0.5) is 19.0 Å². The summed E-state index contributed by atoms with van der Waals surface area (Å²) in [6.45, 7) is 4.94. The maximum absolute atomic E-state index is 12.7. The average molecular weight is 412 g/mol. The number of alkyl halides is 3. The topological polar surface area (TPSA) is 102 Å². The molecular weight excluding hydrogens is 387 g/mol. The van der Waals surface area contributed by atoms with E-state index in [1.165, 1.54) is 13.2 Å². The van der Waals surface area contributed by atoms with Crippen LogP contribution in [0.3, 0.4) is 0 Å². The van der Waals surface area contributed by atoms with Crippen molar-refractivity contribution in [2.24, 2.45) is 11.1 Å². The number of nitrogens with zero attached hydrogens (tertiary/aromatic N) is 2. The summed E-state index contributed by atoms with van der Waals surface area (Å²) in [6, 6.07) is -1.17. The molecule has 1 amide bonds. The number of nitrogens with one attached hydrogen (secondary N) is 2. The predicted octanol–water partition coefficient (Wildman–Crippen LogP) is 2.67. The van der Waals surface area contributed by atoms with Gasteiger partial charge in [0.25, 0.3) is 0 Å². The van der Waals surface area contributed by atoms with E-state index in [1.54, 1.807) is 20.8 Å². The zero-order valence-corrected chi connectivity index (χ0v) is 16.4. The van der Waals surface area contributed by atoms with Gasteiger partial charge < -0.3 is 21.1 Å². The smallest absolute Gasteiger partial charge is 0.385 e. The van der Waals surface area contributed by atoms with Gasteiger partial charge in [-0.1, -0.05) is 32.4 Å². The number of hydrogen-bond acceptors (Lipinski definition) is 6. The molecule has 154 valence electrons. The molecule has 2 atom stereocenters. The summed E-state index contributed by atoms with van der Waals surface area (Å²) in [5.41, 5.74) is 4.88. The van der Waals surface area contributed by atoms with Crippen molar-refractivity contribution in [1.29, 1.82) is 0 Å².